The fourth-order valence-electron chi connectivity index (χ4n) is 2.69. The van der Waals surface area contributed by atoms with Crippen LogP contribution in [0.2, 0.25) is 0 Å². The van der Waals surface area contributed by atoms with Gasteiger partial charge in [0.15, 0.2) is 0 Å². The van der Waals surface area contributed by atoms with E-state index in [2.05, 4.69) is 4.98 Å². The Kier molecular flexibility index (Phi) is 4.39. The molecular formula is C13H19N3O4. The Labute approximate surface area is 116 Å². The maximum atomic E-state index is 11.2. The summed E-state index contributed by atoms with van der Waals surface area (Å²) in [6.45, 7) is 4.21. The van der Waals surface area contributed by atoms with Crippen molar-refractivity contribution in [3.8, 4) is 0 Å². The van der Waals surface area contributed by atoms with Crippen molar-refractivity contribution >= 4 is 11.9 Å². The van der Waals surface area contributed by atoms with E-state index in [9.17, 15) is 14.7 Å². The number of piperidine rings is 1. The molecule has 7 heteroatoms. The molecule has 1 aromatic heterocycles. The number of aryl methyl sites for hydroxylation is 1. The lowest BCUT2D eigenvalue weighted by molar-refractivity contribution is -0.157. The molecule has 1 aliphatic heterocycles. The van der Waals surface area contributed by atoms with Gasteiger partial charge >= 0.3 is 11.9 Å². The first-order chi connectivity index (χ1) is 9.52. The third-order valence-corrected chi connectivity index (χ3v) is 3.84. The summed E-state index contributed by atoms with van der Waals surface area (Å²) in [5.41, 5.74) is 0. The average Bonchev–Trinajstić information content (AvgIpc) is 2.85. The molecule has 2 unspecified atom stereocenters. The van der Waals surface area contributed by atoms with Crippen LogP contribution in [0.25, 0.3) is 0 Å². The molecule has 1 aliphatic rings. The Balaban J connectivity index is 2.05. The standard InChI is InChI=1S/C13H19N3O4/c1-2-16-6-4-14-11(16)8-15-5-3-9(12(17)18)10(7-15)13(19)20/h4,6,9-10H,2-3,5,7-8H2,1H3,(H,17,18)(H,19,20). The number of aliphatic carboxylic acids is 2. The molecule has 20 heavy (non-hydrogen) atoms. The minimum Gasteiger partial charge on any atom is -0.481 e. The monoisotopic (exact) mass is 281 g/mol. The van der Waals surface area contributed by atoms with Gasteiger partial charge in [-0.3, -0.25) is 14.5 Å². The zero-order chi connectivity index (χ0) is 14.7. The number of carboxylic acids is 2. The van der Waals surface area contributed by atoms with Crippen molar-refractivity contribution in [2.75, 3.05) is 13.1 Å². The molecule has 2 rings (SSSR count). The maximum Gasteiger partial charge on any atom is 0.308 e. The predicted octanol–water partition coefficient (Wildman–Crippen LogP) is 0.510. The largest absolute Gasteiger partial charge is 0.481 e. The van der Waals surface area contributed by atoms with Crippen LogP contribution in [0.5, 0.6) is 0 Å². The fraction of sp³-hybridized carbons (Fsp3) is 0.615. The van der Waals surface area contributed by atoms with Crippen LogP contribution in [0.1, 0.15) is 19.2 Å². The van der Waals surface area contributed by atoms with Crippen molar-refractivity contribution in [1.82, 2.24) is 14.5 Å². The van der Waals surface area contributed by atoms with Gasteiger partial charge in [-0.1, -0.05) is 0 Å². The minimum atomic E-state index is -1.04. The van der Waals surface area contributed by atoms with E-state index in [-0.39, 0.29) is 6.54 Å². The highest BCUT2D eigenvalue weighted by atomic mass is 16.4. The highest BCUT2D eigenvalue weighted by Crippen LogP contribution is 2.25. The van der Waals surface area contributed by atoms with Crippen LogP contribution >= 0.6 is 0 Å². The van der Waals surface area contributed by atoms with E-state index < -0.39 is 23.8 Å². The molecular weight excluding hydrogens is 262 g/mol. The van der Waals surface area contributed by atoms with Gasteiger partial charge in [0.25, 0.3) is 0 Å². The molecule has 1 saturated heterocycles. The molecule has 2 atom stereocenters. The van der Waals surface area contributed by atoms with E-state index in [0.29, 0.717) is 19.5 Å². The van der Waals surface area contributed by atoms with Gasteiger partial charge in [0.2, 0.25) is 0 Å². The number of hydrogen-bond acceptors (Lipinski definition) is 4. The number of aromatic nitrogens is 2. The summed E-state index contributed by atoms with van der Waals surface area (Å²) in [5.74, 6) is -2.83. The van der Waals surface area contributed by atoms with E-state index in [1.807, 2.05) is 22.6 Å². The zero-order valence-electron chi connectivity index (χ0n) is 11.4. The van der Waals surface area contributed by atoms with Crippen LogP contribution < -0.4 is 0 Å². The maximum absolute atomic E-state index is 11.2. The summed E-state index contributed by atoms with van der Waals surface area (Å²) < 4.78 is 2.00. The summed E-state index contributed by atoms with van der Waals surface area (Å²) in [6, 6.07) is 0. The molecule has 0 radical (unpaired) electrons. The number of hydrogen-bond donors (Lipinski definition) is 2. The molecule has 2 heterocycles. The number of nitrogens with zero attached hydrogens (tertiary/aromatic N) is 3. The zero-order valence-corrected chi connectivity index (χ0v) is 11.4. The Bertz CT molecular complexity index is 500. The summed E-state index contributed by atoms with van der Waals surface area (Å²) in [7, 11) is 0. The second kappa shape index (κ2) is 6.04. The molecule has 0 aromatic carbocycles. The van der Waals surface area contributed by atoms with Gasteiger partial charge < -0.3 is 14.8 Å². The number of carboxylic acid groups (broad SMARTS) is 2. The quantitative estimate of drug-likeness (QED) is 0.816. The summed E-state index contributed by atoms with van der Waals surface area (Å²) in [6.07, 6.45) is 3.96. The molecule has 0 aliphatic carbocycles. The minimum absolute atomic E-state index is 0.253. The molecule has 110 valence electrons. The summed E-state index contributed by atoms with van der Waals surface area (Å²) in [5, 5.41) is 18.3. The molecule has 1 fully saturated rings. The van der Waals surface area contributed by atoms with Crippen molar-refractivity contribution in [2.45, 2.75) is 26.4 Å². The van der Waals surface area contributed by atoms with Crippen molar-refractivity contribution in [1.29, 1.82) is 0 Å². The van der Waals surface area contributed by atoms with E-state index >= 15 is 0 Å². The topological polar surface area (TPSA) is 95.7 Å². The Morgan fingerprint density at radius 1 is 1.35 bits per heavy atom. The Hall–Kier alpha value is -1.89. The van der Waals surface area contributed by atoms with E-state index in [1.54, 1.807) is 6.20 Å². The van der Waals surface area contributed by atoms with Crippen LogP contribution in [0.15, 0.2) is 12.4 Å². The Morgan fingerprint density at radius 3 is 2.65 bits per heavy atom. The van der Waals surface area contributed by atoms with Crippen LogP contribution in [-0.2, 0) is 22.7 Å². The van der Waals surface area contributed by atoms with Gasteiger partial charge in [-0.15, -0.1) is 0 Å². The second-order valence-corrected chi connectivity index (χ2v) is 5.04. The van der Waals surface area contributed by atoms with Gasteiger partial charge in [-0.25, -0.2) is 4.98 Å². The smallest absolute Gasteiger partial charge is 0.308 e. The first kappa shape index (κ1) is 14.5. The number of rotatable bonds is 5. The lowest BCUT2D eigenvalue weighted by Crippen LogP contribution is -2.46. The molecule has 0 spiro atoms. The molecule has 0 saturated carbocycles. The third kappa shape index (κ3) is 2.98. The highest BCUT2D eigenvalue weighted by Gasteiger charge is 2.38. The van der Waals surface area contributed by atoms with Gasteiger partial charge in [-0.2, -0.15) is 0 Å². The Morgan fingerprint density at radius 2 is 2.05 bits per heavy atom. The van der Waals surface area contributed by atoms with Crippen molar-refractivity contribution in [2.24, 2.45) is 11.8 Å². The normalized spacial score (nSPS) is 23.6. The molecule has 1 aromatic rings. The van der Waals surface area contributed by atoms with Crippen LogP contribution in [-0.4, -0.2) is 49.7 Å². The van der Waals surface area contributed by atoms with E-state index in [4.69, 9.17) is 5.11 Å². The van der Waals surface area contributed by atoms with Gasteiger partial charge in [0, 0.05) is 25.5 Å². The van der Waals surface area contributed by atoms with Crippen LogP contribution in [0.4, 0.5) is 0 Å². The molecule has 0 amide bonds. The highest BCUT2D eigenvalue weighted by molar-refractivity contribution is 5.80. The molecule has 7 nitrogen and oxygen atoms in total. The van der Waals surface area contributed by atoms with Crippen LogP contribution in [0.3, 0.4) is 0 Å². The number of likely N-dealkylation sites (tertiary alicyclic amines) is 1. The third-order valence-electron chi connectivity index (χ3n) is 3.84. The van der Waals surface area contributed by atoms with E-state index in [1.165, 1.54) is 0 Å². The number of carbonyl (C=O) groups is 2. The van der Waals surface area contributed by atoms with Crippen molar-refractivity contribution in [3.05, 3.63) is 18.2 Å². The average molecular weight is 281 g/mol. The molecule has 0 bridgehead atoms. The van der Waals surface area contributed by atoms with Crippen molar-refractivity contribution in [3.63, 3.8) is 0 Å². The van der Waals surface area contributed by atoms with E-state index in [0.717, 1.165) is 12.4 Å². The predicted molar refractivity (Wildman–Crippen MR) is 70.0 cm³/mol. The first-order valence-electron chi connectivity index (χ1n) is 6.71. The first-order valence-corrected chi connectivity index (χ1v) is 6.71. The van der Waals surface area contributed by atoms with Gasteiger partial charge in [0.05, 0.1) is 18.4 Å². The lowest BCUT2D eigenvalue weighted by Gasteiger charge is -2.34. The second-order valence-electron chi connectivity index (χ2n) is 5.04. The SMILES string of the molecule is CCn1ccnc1CN1CCC(C(=O)O)C(C(=O)O)C1. The van der Waals surface area contributed by atoms with Crippen molar-refractivity contribution < 1.29 is 19.8 Å². The molecule has 2 N–H and O–H groups in total. The summed E-state index contributed by atoms with van der Waals surface area (Å²) in [4.78, 5) is 28.6. The van der Waals surface area contributed by atoms with Gasteiger partial charge in [0.1, 0.15) is 5.82 Å². The van der Waals surface area contributed by atoms with Crippen LogP contribution in [0, 0.1) is 11.8 Å². The fourth-order valence-corrected chi connectivity index (χ4v) is 2.69. The summed E-state index contributed by atoms with van der Waals surface area (Å²) >= 11 is 0. The lowest BCUT2D eigenvalue weighted by atomic mass is 9.85. The van der Waals surface area contributed by atoms with Gasteiger partial charge in [-0.05, 0) is 19.9 Å². The number of imidazole rings is 1.